The predicted molar refractivity (Wildman–Crippen MR) is 161 cm³/mol. The van der Waals surface area contributed by atoms with E-state index in [0.29, 0.717) is 17.7 Å². The van der Waals surface area contributed by atoms with Crippen LogP contribution in [0.25, 0.3) is 0 Å². The Hall–Kier alpha value is -3.88. The number of ether oxygens (including phenoxy) is 1. The van der Waals surface area contributed by atoms with E-state index in [-0.39, 0.29) is 6.54 Å². The van der Waals surface area contributed by atoms with Gasteiger partial charge in [-0.3, -0.25) is 14.4 Å². The Balaban J connectivity index is 2.64. The minimum Gasteiger partial charge on any atom is -0.444 e. The van der Waals surface area contributed by atoms with Gasteiger partial charge in [0, 0.05) is 12.2 Å². The summed E-state index contributed by atoms with van der Waals surface area (Å²) in [5.41, 5.74) is 9.64. The molecule has 4 N–H and O–H groups in total. The highest BCUT2D eigenvalue weighted by Crippen LogP contribution is 2.30. The number of carbonyl (C=O) groups is 4. The number of hydrogen-bond acceptors (Lipinski definition) is 5. The lowest BCUT2D eigenvalue weighted by molar-refractivity contribution is -0.142. The fourth-order valence-electron chi connectivity index (χ4n) is 4.74. The van der Waals surface area contributed by atoms with Crippen LogP contribution in [0.3, 0.4) is 0 Å². The van der Waals surface area contributed by atoms with Crippen LogP contribution in [-0.4, -0.2) is 46.9 Å². The van der Waals surface area contributed by atoms with E-state index in [1.165, 1.54) is 4.90 Å². The molecule has 0 radical (unpaired) electrons. The summed E-state index contributed by atoms with van der Waals surface area (Å²) in [6, 6.07) is 9.10. The van der Waals surface area contributed by atoms with Gasteiger partial charge in [0.2, 0.25) is 11.8 Å². The zero-order valence-electron chi connectivity index (χ0n) is 25.7. The van der Waals surface area contributed by atoms with Crippen LogP contribution in [-0.2, 0) is 19.1 Å². The van der Waals surface area contributed by atoms with Crippen LogP contribution in [0, 0.1) is 27.7 Å². The van der Waals surface area contributed by atoms with Crippen LogP contribution in [0.2, 0.25) is 0 Å². The van der Waals surface area contributed by atoms with E-state index >= 15 is 0 Å². The molecule has 2 rings (SSSR count). The molecule has 9 nitrogen and oxygen atoms in total. The molecule has 0 fully saturated rings. The van der Waals surface area contributed by atoms with Gasteiger partial charge < -0.3 is 26.0 Å². The van der Waals surface area contributed by atoms with Gasteiger partial charge in [0.15, 0.2) is 0 Å². The second-order valence-corrected chi connectivity index (χ2v) is 11.6. The summed E-state index contributed by atoms with van der Waals surface area (Å²) >= 11 is 0. The first kappa shape index (κ1) is 33.3. The molecule has 2 unspecified atom stereocenters. The third kappa shape index (κ3) is 9.92. The van der Waals surface area contributed by atoms with Gasteiger partial charge in [-0.2, -0.15) is 0 Å². The van der Waals surface area contributed by atoms with E-state index in [9.17, 15) is 19.2 Å². The normalized spacial score (nSPS) is 12.7. The van der Waals surface area contributed by atoms with E-state index in [2.05, 4.69) is 10.6 Å². The van der Waals surface area contributed by atoms with Crippen LogP contribution < -0.4 is 16.4 Å². The van der Waals surface area contributed by atoms with Crippen molar-refractivity contribution in [3.05, 3.63) is 64.2 Å². The Morgan fingerprint density at radius 3 is 2.12 bits per heavy atom. The van der Waals surface area contributed by atoms with Crippen molar-refractivity contribution in [2.45, 2.75) is 98.8 Å². The molecule has 224 valence electrons. The number of anilines is 1. The predicted octanol–water partition coefficient (Wildman–Crippen LogP) is 5.39. The topological polar surface area (TPSA) is 131 Å². The molecule has 0 aliphatic heterocycles. The summed E-state index contributed by atoms with van der Waals surface area (Å²) in [6.07, 6.45) is 1.04. The SMILES string of the molecule is CCCCCN(C(=O)C(CC(N)=O)NC(=O)OC(C)(C)C)C(C(=O)Nc1c(C)cccc1C)c1ccc(C)cc1C. The fraction of sp³-hybridized carbons (Fsp3) is 0.500. The van der Waals surface area contributed by atoms with Gasteiger partial charge in [-0.05, 0) is 77.1 Å². The first-order chi connectivity index (χ1) is 19.1. The van der Waals surface area contributed by atoms with Crippen LogP contribution in [0.4, 0.5) is 10.5 Å². The lowest BCUT2D eigenvalue weighted by Gasteiger charge is -2.35. The molecular formula is C32H46N4O5. The minimum absolute atomic E-state index is 0.232. The van der Waals surface area contributed by atoms with Gasteiger partial charge in [-0.15, -0.1) is 0 Å². The third-order valence-corrected chi connectivity index (χ3v) is 6.69. The van der Waals surface area contributed by atoms with Gasteiger partial charge >= 0.3 is 6.09 Å². The largest absolute Gasteiger partial charge is 0.444 e. The van der Waals surface area contributed by atoms with Crippen molar-refractivity contribution < 1.29 is 23.9 Å². The summed E-state index contributed by atoms with van der Waals surface area (Å²) in [7, 11) is 0. The van der Waals surface area contributed by atoms with E-state index < -0.39 is 47.9 Å². The molecule has 0 bridgehead atoms. The number of para-hydroxylation sites is 1. The molecule has 0 aliphatic rings. The Kier molecular flexibility index (Phi) is 11.9. The molecule has 2 aromatic carbocycles. The Morgan fingerprint density at radius 1 is 0.951 bits per heavy atom. The number of hydrogen-bond donors (Lipinski definition) is 3. The van der Waals surface area contributed by atoms with Crippen molar-refractivity contribution in [2.75, 3.05) is 11.9 Å². The molecule has 4 amide bonds. The smallest absolute Gasteiger partial charge is 0.408 e. The highest BCUT2D eigenvalue weighted by Gasteiger charge is 2.37. The Bertz CT molecular complexity index is 1230. The number of alkyl carbamates (subject to hydrolysis) is 1. The molecule has 9 heteroatoms. The second-order valence-electron chi connectivity index (χ2n) is 11.6. The molecule has 0 heterocycles. The monoisotopic (exact) mass is 566 g/mol. The zero-order valence-corrected chi connectivity index (χ0v) is 25.7. The average Bonchev–Trinajstić information content (AvgIpc) is 2.84. The number of primary amides is 1. The van der Waals surface area contributed by atoms with Gasteiger partial charge in [-0.25, -0.2) is 4.79 Å². The standard InChI is InChI=1S/C32H46N4O5/c1-9-10-11-17-36(30(39)25(19-26(33)37)34-31(40)41-32(6,7)8)28(24-16-15-20(2)18-23(24)5)29(38)35-27-21(3)13-12-14-22(27)4/h12-16,18,25,28H,9-11,17,19H2,1-8H3,(H2,33,37)(H,34,40)(H,35,38). The molecule has 0 saturated carbocycles. The highest BCUT2D eigenvalue weighted by molar-refractivity contribution is 6.00. The van der Waals surface area contributed by atoms with Crippen molar-refractivity contribution in [3.63, 3.8) is 0 Å². The third-order valence-electron chi connectivity index (χ3n) is 6.69. The number of unbranched alkanes of at least 4 members (excludes halogenated alkanes) is 2. The number of carbonyl (C=O) groups excluding carboxylic acids is 4. The lowest BCUT2D eigenvalue weighted by atomic mass is 9.95. The summed E-state index contributed by atoms with van der Waals surface area (Å²) in [5.74, 6) is -1.75. The van der Waals surface area contributed by atoms with E-state index in [4.69, 9.17) is 10.5 Å². The maximum absolute atomic E-state index is 14.2. The summed E-state index contributed by atoms with van der Waals surface area (Å²) in [6.45, 7) is 15.0. The van der Waals surface area contributed by atoms with Gasteiger partial charge in [0.25, 0.3) is 5.91 Å². The van der Waals surface area contributed by atoms with Gasteiger partial charge in [-0.1, -0.05) is 61.7 Å². The number of benzene rings is 2. The summed E-state index contributed by atoms with van der Waals surface area (Å²) in [5, 5.41) is 5.59. The molecular weight excluding hydrogens is 520 g/mol. The molecule has 0 aromatic heterocycles. The van der Waals surface area contributed by atoms with Crippen LogP contribution in [0.1, 0.15) is 87.2 Å². The van der Waals surface area contributed by atoms with Crippen LogP contribution >= 0.6 is 0 Å². The van der Waals surface area contributed by atoms with E-state index in [1.807, 2.05) is 71.0 Å². The summed E-state index contributed by atoms with van der Waals surface area (Å²) in [4.78, 5) is 54.6. The highest BCUT2D eigenvalue weighted by atomic mass is 16.6. The fourth-order valence-corrected chi connectivity index (χ4v) is 4.74. The number of nitrogens with two attached hydrogens (primary N) is 1. The second kappa shape index (κ2) is 14.7. The van der Waals surface area contributed by atoms with Crippen molar-refractivity contribution >= 4 is 29.5 Å². The quantitative estimate of drug-likeness (QED) is 0.297. The van der Waals surface area contributed by atoms with Crippen molar-refractivity contribution in [3.8, 4) is 0 Å². The Morgan fingerprint density at radius 2 is 1.59 bits per heavy atom. The molecule has 0 spiro atoms. The van der Waals surface area contributed by atoms with E-state index in [0.717, 1.165) is 35.1 Å². The van der Waals surface area contributed by atoms with Gasteiger partial charge in [0.05, 0.1) is 6.42 Å². The number of amides is 4. The number of nitrogens with zero attached hydrogens (tertiary/aromatic N) is 1. The van der Waals surface area contributed by atoms with Crippen LogP contribution in [0.5, 0.6) is 0 Å². The molecule has 0 saturated heterocycles. The van der Waals surface area contributed by atoms with Gasteiger partial charge in [0.1, 0.15) is 17.7 Å². The van der Waals surface area contributed by atoms with Crippen molar-refractivity contribution in [2.24, 2.45) is 5.73 Å². The molecule has 41 heavy (non-hydrogen) atoms. The first-order valence-corrected chi connectivity index (χ1v) is 14.2. The Labute approximate surface area is 244 Å². The number of rotatable bonds is 12. The molecule has 2 aromatic rings. The average molecular weight is 567 g/mol. The van der Waals surface area contributed by atoms with Crippen molar-refractivity contribution in [1.82, 2.24) is 10.2 Å². The minimum atomic E-state index is -1.31. The lowest BCUT2D eigenvalue weighted by Crippen LogP contribution is -2.53. The van der Waals surface area contributed by atoms with Crippen molar-refractivity contribution in [1.29, 1.82) is 0 Å². The first-order valence-electron chi connectivity index (χ1n) is 14.2. The maximum Gasteiger partial charge on any atom is 0.408 e. The van der Waals surface area contributed by atoms with Crippen LogP contribution in [0.15, 0.2) is 36.4 Å². The zero-order chi connectivity index (χ0) is 30.9. The van der Waals surface area contributed by atoms with E-state index in [1.54, 1.807) is 20.8 Å². The molecule has 2 atom stereocenters. The number of nitrogens with one attached hydrogen (secondary N) is 2. The molecule has 0 aliphatic carbocycles. The summed E-state index contributed by atoms with van der Waals surface area (Å²) < 4.78 is 5.36. The number of aryl methyl sites for hydroxylation is 4. The maximum atomic E-state index is 14.2.